The number of aryl methyl sites for hydroxylation is 1. The van der Waals surface area contributed by atoms with Gasteiger partial charge in [0.2, 0.25) is 5.82 Å². The molecule has 0 aliphatic carbocycles. The SMILES string of the molecule is COC(=O)c1nc(C)cc(NCC(C)c2nccs2)n1. The van der Waals surface area contributed by atoms with Crippen molar-refractivity contribution in [2.45, 2.75) is 19.8 Å². The summed E-state index contributed by atoms with van der Waals surface area (Å²) in [6, 6.07) is 1.79. The Hall–Kier alpha value is -2.02. The van der Waals surface area contributed by atoms with Crippen molar-refractivity contribution in [1.29, 1.82) is 0 Å². The third-order valence-corrected chi connectivity index (χ3v) is 3.69. The van der Waals surface area contributed by atoms with Gasteiger partial charge >= 0.3 is 5.97 Å². The van der Waals surface area contributed by atoms with Gasteiger partial charge in [-0.2, -0.15) is 0 Å². The molecule has 0 aromatic carbocycles. The number of carbonyl (C=O) groups is 1. The predicted octanol–water partition coefficient (Wildman–Crippen LogP) is 2.24. The highest BCUT2D eigenvalue weighted by Crippen LogP contribution is 2.18. The van der Waals surface area contributed by atoms with E-state index in [0.717, 1.165) is 5.01 Å². The topological polar surface area (TPSA) is 77.0 Å². The molecule has 1 atom stereocenters. The van der Waals surface area contributed by atoms with Crippen LogP contribution in [0.25, 0.3) is 0 Å². The molecule has 0 fully saturated rings. The third-order valence-electron chi connectivity index (χ3n) is 2.68. The van der Waals surface area contributed by atoms with E-state index in [4.69, 9.17) is 0 Å². The maximum atomic E-state index is 11.5. The fourth-order valence-corrected chi connectivity index (χ4v) is 2.36. The number of nitrogens with zero attached hydrogens (tertiary/aromatic N) is 3. The zero-order valence-corrected chi connectivity index (χ0v) is 12.4. The van der Waals surface area contributed by atoms with Crippen molar-refractivity contribution in [2.75, 3.05) is 19.0 Å². The smallest absolute Gasteiger partial charge is 0.376 e. The van der Waals surface area contributed by atoms with Crippen LogP contribution in [0.2, 0.25) is 0 Å². The molecular formula is C13H16N4O2S. The summed E-state index contributed by atoms with van der Waals surface area (Å²) in [7, 11) is 1.31. The van der Waals surface area contributed by atoms with Gasteiger partial charge in [-0.1, -0.05) is 6.92 Å². The summed E-state index contributed by atoms with van der Waals surface area (Å²) in [6.07, 6.45) is 1.79. The van der Waals surface area contributed by atoms with Crippen LogP contribution in [0.15, 0.2) is 17.6 Å². The first-order valence-corrected chi connectivity index (χ1v) is 7.05. The molecule has 0 radical (unpaired) electrons. The fourth-order valence-electron chi connectivity index (χ4n) is 1.66. The Morgan fingerprint density at radius 1 is 1.50 bits per heavy atom. The summed E-state index contributed by atoms with van der Waals surface area (Å²) < 4.78 is 4.63. The Morgan fingerprint density at radius 2 is 2.30 bits per heavy atom. The fraction of sp³-hybridized carbons (Fsp3) is 0.385. The zero-order valence-electron chi connectivity index (χ0n) is 11.6. The van der Waals surface area contributed by atoms with Gasteiger partial charge in [0.15, 0.2) is 0 Å². The summed E-state index contributed by atoms with van der Waals surface area (Å²) in [5.41, 5.74) is 0.713. The van der Waals surface area contributed by atoms with Crippen molar-refractivity contribution in [1.82, 2.24) is 15.0 Å². The van der Waals surface area contributed by atoms with Gasteiger partial charge in [0.1, 0.15) is 5.82 Å². The van der Waals surface area contributed by atoms with Crippen LogP contribution in [0, 0.1) is 6.92 Å². The molecule has 106 valence electrons. The lowest BCUT2D eigenvalue weighted by atomic mass is 10.2. The molecule has 0 saturated carbocycles. The third kappa shape index (κ3) is 3.51. The van der Waals surface area contributed by atoms with Gasteiger partial charge in [-0.05, 0) is 6.92 Å². The molecule has 0 spiro atoms. The van der Waals surface area contributed by atoms with E-state index < -0.39 is 5.97 Å². The number of esters is 1. The number of methoxy groups -OCH3 is 1. The molecule has 0 saturated heterocycles. The first-order chi connectivity index (χ1) is 9.60. The van der Waals surface area contributed by atoms with Crippen molar-refractivity contribution in [3.05, 3.63) is 34.2 Å². The lowest BCUT2D eigenvalue weighted by Gasteiger charge is -2.11. The van der Waals surface area contributed by atoms with E-state index in [-0.39, 0.29) is 11.7 Å². The first kappa shape index (κ1) is 14.4. The van der Waals surface area contributed by atoms with Gasteiger partial charge in [-0.25, -0.2) is 19.7 Å². The van der Waals surface area contributed by atoms with E-state index in [1.54, 1.807) is 23.6 Å². The van der Waals surface area contributed by atoms with Crippen molar-refractivity contribution in [2.24, 2.45) is 0 Å². The van der Waals surface area contributed by atoms with Gasteiger partial charge in [-0.15, -0.1) is 11.3 Å². The minimum atomic E-state index is -0.537. The molecule has 2 aromatic heterocycles. The molecule has 7 heteroatoms. The van der Waals surface area contributed by atoms with E-state index in [1.165, 1.54) is 7.11 Å². The average Bonchev–Trinajstić information content (AvgIpc) is 2.97. The van der Waals surface area contributed by atoms with Gasteiger partial charge in [-0.3, -0.25) is 0 Å². The van der Waals surface area contributed by atoms with Gasteiger partial charge in [0.05, 0.1) is 12.1 Å². The lowest BCUT2D eigenvalue weighted by molar-refractivity contribution is 0.0586. The highest BCUT2D eigenvalue weighted by atomic mass is 32.1. The Kier molecular flexibility index (Phi) is 4.62. The lowest BCUT2D eigenvalue weighted by Crippen LogP contribution is -2.14. The molecule has 0 aliphatic rings. The number of nitrogens with one attached hydrogen (secondary N) is 1. The highest BCUT2D eigenvalue weighted by molar-refractivity contribution is 7.09. The number of rotatable bonds is 5. The zero-order chi connectivity index (χ0) is 14.5. The number of thiazole rings is 1. The van der Waals surface area contributed by atoms with Crippen LogP contribution in [0.4, 0.5) is 5.82 Å². The number of hydrogen-bond donors (Lipinski definition) is 1. The molecular weight excluding hydrogens is 276 g/mol. The molecule has 0 aliphatic heterocycles. The molecule has 1 N–H and O–H groups in total. The summed E-state index contributed by atoms with van der Waals surface area (Å²) in [6.45, 7) is 4.58. The monoisotopic (exact) mass is 292 g/mol. The van der Waals surface area contributed by atoms with Crippen LogP contribution in [0.3, 0.4) is 0 Å². The van der Waals surface area contributed by atoms with E-state index >= 15 is 0 Å². The van der Waals surface area contributed by atoms with E-state index in [1.807, 2.05) is 12.3 Å². The molecule has 1 unspecified atom stereocenters. The molecule has 2 heterocycles. The molecule has 2 aromatic rings. The van der Waals surface area contributed by atoms with Crippen LogP contribution in [0.5, 0.6) is 0 Å². The summed E-state index contributed by atoms with van der Waals surface area (Å²) in [5, 5.41) is 6.22. The number of hydrogen-bond acceptors (Lipinski definition) is 7. The summed E-state index contributed by atoms with van der Waals surface area (Å²) in [4.78, 5) is 23.9. The minimum absolute atomic E-state index is 0.0666. The highest BCUT2D eigenvalue weighted by Gasteiger charge is 2.13. The Balaban J connectivity index is 2.06. The molecule has 2 rings (SSSR count). The van der Waals surface area contributed by atoms with Crippen molar-refractivity contribution >= 4 is 23.1 Å². The number of anilines is 1. The van der Waals surface area contributed by atoms with E-state index in [9.17, 15) is 4.79 Å². The average molecular weight is 292 g/mol. The first-order valence-electron chi connectivity index (χ1n) is 6.17. The number of aromatic nitrogens is 3. The summed E-state index contributed by atoms with van der Waals surface area (Å²) in [5.74, 6) is 0.412. The summed E-state index contributed by atoms with van der Waals surface area (Å²) >= 11 is 1.62. The predicted molar refractivity (Wildman–Crippen MR) is 77.1 cm³/mol. The second-order valence-electron chi connectivity index (χ2n) is 4.36. The second-order valence-corrected chi connectivity index (χ2v) is 5.29. The van der Waals surface area contributed by atoms with Crippen LogP contribution >= 0.6 is 11.3 Å². The Morgan fingerprint density at radius 3 is 2.95 bits per heavy atom. The minimum Gasteiger partial charge on any atom is -0.463 e. The molecule has 20 heavy (non-hydrogen) atoms. The Bertz CT molecular complexity index is 586. The molecule has 0 amide bonds. The van der Waals surface area contributed by atoms with Gasteiger partial charge < -0.3 is 10.1 Å². The maximum Gasteiger partial charge on any atom is 0.376 e. The normalized spacial score (nSPS) is 11.9. The van der Waals surface area contributed by atoms with Crippen LogP contribution in [-0.4, -0.2) is 34.6 Å². The largest absolute Gasteiger partial charge is 0.463 e. The van der Waals surface area contributed by atoms with E-state index in [2.05, 4.69) is 31.9 Å². The maximum absolute atomic E-state index is 11.5. The molecule has 6 nitrogen and oxygen atoms in total. The van der Waals surface area contributed by atoms with Crippen molar-refractivity contribution in [3.63, 3.8) is 0 Å². The van der Waals surface area contributed by atoms with Crippen molar-refractivity contribution in [3.8, 4) is 0 Å². The van der Waals surface area contributed by atoms with Crippen LogP contribution < -0.4 is 5.32 Å². The van der Waals surface area contributed by atoms with Crippen molar-refractivity contribution < 1.29 is 9.53 Å². The number of ether oxygens (including phenoxy) is 1. The second kappa shape index (κ2) is 6.42. The standard InChI is InChI=1S/C13H16N4O2S/c1-8(12-14-4-5-20-12)7-15-10-6-9(2)16-11(17-10)13(18)19-3/h4-6,8H,7H2,1-3H3,(H,15,16,17). The molecule has 0 bridgehead atoms. The Labute approximate surface area is 121 Å². The van der Waals surface area contributed by atoms with Crippen LogP contribution in [-0.2, 0) is 4.74 Å². The quantitative estimate of drug-likeness (QED) is 0.852. The van der Waals surface area contributed by atoms with E-state index in [0.29, 0.717) is 18.1 Å². The van der Waals surface area contributed by atoms with Crippen LogP contribution in [0.1, 0.15) is 34.2 Å². The number of carbonyl (C=O) groups excluding carboxylic acids is 1. The van der Waals surface area contributed by atoms with Gasteiger partial charge in [0, 0.05) is 35.8 Å². The van der Waals surface area contributed by atoms with Gasteiger partial charge in [0.25, 0.3) is 0 Å².